The van der Waals surface area contributed by atoms with E-state index < -0.39 is 12.7 Å². The van der Waals surface area contributed by atoms with Crippen LogP contribution >= 0.6 is 11.6 Å². The number of benzene rings is 1. The van der Waals surface area contributed by atoms with E-state index in [4.69, 9.17) is 11.6 Å². The van der Waals surface area contributed by atoms with Gasteiger partial charge in [-0.2, -0.15) is 13.2 Å². The highest BCUT2D eigenvalue weighted by atomic mass is 35.5. The molecule has 3 nitrogen and oxygen atoms in total. The summed E-state index contributed by atoms with van der Waals surface area (Å²) >= 11 is 6.30. The first-order chi connectivity index (χ1) is 11.3. The topological polar surface area (TPSA) is 36.1 Å². The molecule has 128 valence electrons. The number of hydrogen-bond donors (Lipinski definition) is 1. The number of hydrogen-bond acceptors (Lipinski definition) is 2. The lowest BCUT2D eigenvalue weighted by Gasteiger charge is -2.34. The molecule has 1 aliphatic carbocycles. The van der Waals surface area contributed by atoms with Crippen LogP contribution in [0.2, 0.25) is 5.02 Å². The number of rotatable bonds is 1. The number of alkyl halides is 3. The Bertz CT molecular complexity index is 861. The van der Waals surface area contributed by atoms with Crippen LogP contribution in [-0.2, 0) is 0 Å². The van der Waals surface area contributed by atoms with Gasteiger partial charge in [0.15, 0.2) is 0 Å². The van der Waals surface area contributed by atoms with Gasteiger partial charge in [-0.3, -0.25) is 4.79 Å². The average molecular weight is 357 g/mol. The fourth-order valence-corrected chi connectivity index (χ4v) is 4.65. The van der Waals surface area contributed by atoms with Crippen molar-refractivity contribution in [2.45, 2.75) is 43.8 Å². The van der Waals surface area contributed by atoms with Crippen molar-refractivity contribution in [3.05, 3.63) is 39.1 Å². The largest absolute Gasteiger partial charge is 0.405 e. The van der Waals surface area contributed by atoms with Gasteiger partial charge in [0.1, 0.15) is 6.54 Å². The number of aromatic amines is 1. The summed E-state index contributed by atoms with van der Waals surface area (Å²) in [7, 11) is 0. The molecule has 1 saturated carbocycles. The molecule has 1 aromatic carbocycles. The quantitative estimate of drug-likeness (QED) is 0.811. The second-order valence-corrected chi connectivity index (χ2v) is 7.01. The molecule has 2 unspecified atom stereocenters. The second-order valence-electron chi connectivity index (χ2n) is 6.60. The number of anilines is 1. The Morgan fingerprint density at radius 3 is 2.75 bits per heavy atom. The molecular formula is C17H16ClF3N2O. The molecule has 4 rings (SSSR count). The lowest BCUT2D eigenvalue weighted by Crippen LogP contribution is -2.41. The Morgan fingerprint density at radius 1 is 1.25 bits per heavy atom. The van der Waals surface area contributed by atoms with Crippen molar-refractivity contribution in [1.29, 1.82) is 0 Å². The van der Waals surface area contributed by atoms with E-state index in [0.717, 1.165) is 31.2 Å². The fraction of sp³-hybridized carbons (Fsp3) is 0.471. The fourth-order valence-electron chi connectivity index (χ4n) is 4.35. The van der Waals surface area contributed by atoms with Gasteiger partial charge in [0.2, 0.25) is 5.56 Å². The molecule has 1 aromatic heterocycles. The zero-order valence-corrected chi connectivity index (χ0v) is 13.5. The van der Waals surface area contributed by atoms with E-state index in [0.29, 0.717) is 21.6 Å². The minimum atomic E-state index is -4.26. The number of nitrogens with one attached hydrogen (secondary N) is 1. The Hall–Kier alpha value is -1.69. The molecule has 2 atom stereocenters. The maximum absolute atomic E-state index is 13.1. The van der Waals surface area contributed by atoms with Crippen molar-refractivity contribution >= 4 is 28.2 Å². The minimum Gasteiger partial charge on any atom is -0.359 e. The van der Waals surface area contributed by atoms with E-state index in [2.05, 4.69) is 4.98 Å². The monoisotopic (exact) mass is 356 g/mol. The number of nitrogens with zero attached hydrogens (tertiary/aromatic N) is 1. The number of H-pyrrole nitrogens is 1. The summed E-state index contributed by atoms with van der Waals surface area (Å²) in [4.78, 5) is 15.9. The predicted octanol–water partition coefficient (Wildman–Crippen LogP) is 4.59. The standard InChI is InChI=1S/C17H16ClF3N2O/c18-10-7-14(24)22-11-5-6-13-15(16(10)11)9-3-1-2-4-12(9)23(13)8-17(19,20)21/h5-7,9,12H,1-4,8H2,(H,22,24). The smallest absolute Gasteiger partial charge is 0.359 e. The Morgan fingerprint density at radius 2 is 2.00 bits per heavy atom. The van der Waals surface area contributed by atoms with Gasteiger partial charge in [-0.1, -0.05) is 24.4 Å². The first-order valence-corrected chi connectivity index (χ1v) is 8.42. The molecular weight excluding hydrogens is 341 g/mol. The van der Waals surface area contributed by atoms with Crippen LogP contribution in [0.25, 0.3) is 10.9 Å². The Kier molecular flexibility index (Phi) is 3.56. The van der Waals surface area contributed by atoms with Crippen LogP contribution in [0.4, 0.5) is 18.9 Å². The van der Waals surface area contributed by atoms with Crippen LogP contribution in [0, 0.1) is 0 Å². The molecule has 1 fully saturated rings. The molecule has 2 aromatic rings. The summed E-state index contributed by atoms with van der Waals surface area (Å²) in [6, 6.07) is 4.49. The van der Waals surface area contributed by atoms with E-state index in [1.165, 1.54) is 11.0 Å². The summed E-state index contributed by atoms with van der Waals surface area (Å²) in [5.41, 5.74) is 1.75. The highest BCUT2D eigenvalue weighted by molar-refractivity contribution is 6.35. The molecule has 0 amide bonds. The van der Waals surface area contributed by atoms with E-state index in [9.17, 15) is 18.0 Å². The molecule has 24 heavy (non-hydrogen) atoms. The lowest BCUT2D eigenvalue weighted by molar-refractivity contribution is -0.120. The summed E-state index contributed by atoms with van der Waals surface area (Å²) in [5, 5.41) is 0.999. The van der Waals surface area contributed by atoms with Gasteiger partial charge in [0.05, 0.1) is 10.5 Å². The lowest BCUT2D eigenvalue weighted by atomic mass is 9.81. The SMILES string of the molecule is O=c1cc(Cl)c2c3c(ccc2[nH]1)N(CC(F)(F)F)C1CCCCC31. The van der Waals surface area contributed by atoms with Crippen molar-refractivity contribution in [2.24, 2.45) is 0 Å². The van der Waals surface area contributed by atoms with Gasteiger partial charge >= 0.3 is 6.18 Å². The van der Waals surface area contributed by atoms with Crippen LogP contribution in [0.5, 0.6) is 0 Å². The number of fused-ring (bicyclic) bond motifs is 5. The van der Waals surface area contributed by atoms with Gasteiger partial charge < -0.3 is 9.88 Å². The van der Waals surface area contributed by atoms with E-state index >= 15 is 0 Å². The molecule has 0 bridgehead atoms. The van der Waals surface area contributed by atoms with Crippen LogP contribution in [0.3, 0.4) is 0 Å². The number of aromatic nitrogens is 1. The van der Waals surface area contributed by atoms with Crippen LogP contribution in [-0.4, -0.2) is 23.7 Å². The summed E-state index contributed by atoms with van der Waals surface area (Å²) < 4.78 is 39.3. The highest BCUT2D eigenvalue weighted by Crippen LogP contribution is 2.51. The van der Waals surface area contributed by atoms with E-state index in [1.54, 1.807) is 12.1 Å². The van der Waals surface area contributed by atoms with Crippen molar-refractivity contribution < 1.29 is 13.2 Å². The van der Waals surface area contributed by atoms with Gasteiger partial charge in [-0.15, -0.1) is 0 Å². The van der Waals surface area contributed by atoms with Crippen molar-refractivity contribution in [3.63, 3.8) is 0 Å². The molecule has 7 heteroatoms. The first kappa shape index (κ1) is 15.8. The second kappa shape index (κ2) is 5.41. The third-order valence-corrected chi connectivity index (χ3v) is 5.43. The third kappa shape index (κ3) is 2.48. The summed E-state index contributed by atoms with van der Waals surface area (Å²) in [5.74, 6) is 0.0307. The third-order valence-electron chi connectivity index (χ3n) is 5.14. The summed E-state index contributed by atoms with van der Waals surface area (Å²) in [6.45, 7) is -0.951. The Balaban J connectivity index is 1.95. The zero-order chi connectivity index (χ0) is 17.1. The highest BCUT2D eigenvalue weighted by Gasteiger charge is 2.45. The van der Waals surface area contributed by atoms with Crippen LogP contribution < -0.4 is 10.5 Å². The minimum absolute atomic E-state index is 0.0307. The molecule has 0 spiro atoms. The van der Waals surface area contributed by atoms with Crippen LogP contribution in [0.15, 0.2) is 23.0 Å². The maximum Gasteiger partial charge on any atom is 0.405 e. The molecule has 1 aliphatic heterocycles. The Labute approximate surface area is 141 Å². The van der Waals surface area contributed by atoms with Crippen molar-refractivity contribution in [2.75, 3.05) is 11.4 Å². The molecule has 1 N–H and O–H groups in total. The molecule has 0 saturated heterocycles. The van der Waals surface area contributed by atoms with Gasteiger partial charge in [0, 0.05) is 29.1 Å². The van der Waals surface area contributed by atoms with E-state index in [-0.39, 0.29) is 17.5 Å². The maximum atomic E-state index is 13.1. The van der Waals surface area contributed by atoms with Gasteiger partial charge in [-0.25, -0.2) is 0 Å². The molecule has 0 radical (unpaired) electrons. The zero-order valence-electron chi connectivity index (χ0n) is 12.8. The predicted molar refractivity (Wildman–Crippen MR) is 88.0 cm³/mol. The number of pyridine rings is 1. The summed E-state index contributed by atoms with van der Waals surface area (Å²) in [6.07, 6.45) is -0.727. The van der Waals surface area contributed by atoms with E-state index in [1.807, 2.05) is 0 Å². The van der Waals surface area contributed by atoms with Gasteiger partial charge in [-0.05, 0) is 30.5 Å². The van der Waals surface area contributed by atoms with Crippen molar-refractivity contribution in [1.82, 2.24) is 4.98 Å². The molecule has 2 heterocycles. The average Bonchev–Trinajstić information content (AvgIpc) is 2.80. The van der Waals surface area contributed by atoms with Crippen molar-refractivity contribution in [3.8, 4) is 0 Å². The normalized spacial score (nSPS) is 23.4. The van der Waals surface area contributed by atoms with Gasteiger partial charge in [0.25, 0.3) is 0 Å². The number of halogens is 4. The van der Waals surface area contributed by atoms with Crippen LogP contribution in [0.1, 0.15) is 37.2 Å². The first-order valence-electron chi connectivity index (χ1n) is 8.04. The molecule has 2 aliphatic rings.